The van der Waals surface area contributed by atoms with Gasteiger partial charge in [-0.25, -0.2) is 9.97 Å². The maximum absolute atomic E-state index is 4.47. The largest absolute Gasteiger partial charge is 0.340 e. The van der Waals surface area contributed by atoms with Crippen LogP contribution < -0.4 is 10.2 Å². The van der Waals surface area contributed by atoms with Crippen LogP contribution >= 0.6 is 11.3 Å². The third kappa shape index (κ3) is 2.23. The number of nitrogens with one attached hydrogen (secondary N) is 1. The summed E-state index contributed by atoms with van der Waals surface area (Å²) in [6.45, 7) is 2.11. The molecule has 0 amide bonds. The molecule has 4 nitrogen and oxygen atoms in total. The molecule has 0 saturated carbocycles. The summed E-state index contributed by atoms with van der Waals surface area (Å²) < 4.78 is 0. The van der Waals surface area contributed by atoms with Gasteiger partial charge in [-0.3, -0.25) is 0 Å². The lowest BCUT2D eigenvalue weighted by atomic mass is 10.2. The first kappa shape index (κ1) is 11.6. The molecule has 5 heteroatoms. The molecule has 18 heavy (non-hydrogen) atoms. The smallest absolute Gasteiger partial charge is 0.225 e. The Labute approximate surface area is 111 Å². The van der Waals surface area contributed by atoms with Crippen LogP contribution in [-0.2, 0) is 0 Å². The van der Waals surface area contributed by atoms with Crippen LogP contribution in [0.3, 0.4) is 0 Å². The van der Waals surface area contributed by atoms with Crippen LogP contribution in [0.15, 0.2) is 29.9 Å². The number of thiophene rings is 1. The molecule has 3 rings (SSSR count). The fraction of sp³-hybridized carbons (Fsp3) is 0.385. The molecular weight excluding hydrogens is 244 g/mol. The third-order valence-corrected chi connectivity index (χ3v) is 4.26. The van der Waals surface area contributed by atoms with Gasteiger partial charge in [0.25, 0.3) is 0 Å². The van der Waals surface area contributed by atoms with E-state index in [0.29, 0.717) is 6.04 Å². The zero-order valence-corrected chi connectivity index (χ0v) is 11.2. The molecular formula is C13H16N4S. The van der Waals surface area contributed by atoms with Gasteiger partial charge < -0.3 is 10.2 Å². The van der Waals surface area contributed by atoms with Crippen molar-refractivity contribution in [3.05, 3.63) is 29.9 Å². The van der Waals surface area contributed by atoms with Crippen molar-refractivity contribution in [1.29, 1.82) is 0 Å². The molecule has 1 saturated heterocycles. The van der Waals surface area contributed by atoms with Crippen molar-refractivity contribution < 1.29 is 0 Å². The molecule has 1 unspecified atom stereocenters. The highest BCUT2D eigenvalue weighted by atomic mass is 32.1. The lowest BCUT2D eigenvalue weighted by Crippen LogP contribution is -2.34. The third-order valence-electron chi connectivity index (χ3n) is 3.34. The average molecular weight is 260 g/mol. The van der Waals surface area contributed by atoms with Crippen molar-refractivity contribution in [2.75, 3.05) is 25.0 Å². The van der Waals surface area contributed by atoms with Crippen molar-refractivity contribution in [3.8, 4) is 10.4 Å². The monoisotopic (exact) mass is 260 g/mol. The van der Waals surface area contributed by atoms with Crippen LogP contribution in [0.5, 0.6) is 0 Å². The van der Waals surface area contributed by atoms with Crippen LogP contribution in [-0.4, -0.2) is 36.1 Å². The lowest BCUT2D eigenvalue weighted by molar-refractivity contribution is 0.668. The van der Waals surface area contributed by atoms with Gasteiger partial charge in [0.2, 0.25) is 5.95 Å². The van der Waals surface area contributed by atoms with Gasteiger partial charge in [-0.05, 0) is 24.4 Å². The number of hydrogen-bond acceptors (Lipinski definition) is 5. The van der Waals surface area contributed by atoms with E-state index >= 15 is 0 Å². The minimum atomic E-state index is 0.512. The van der Waals surface area contributed by atoms with E-state index in [0.717, 1.165) is 31.0 Å². The van der Waals surface area contributed by atoms with Gasteiger partial charge in [-0.1, -0.05) is 6.07 Å². The fourth-order valence-corrected chi connectivity index (χ4v) is 2.91. The molecule has 2 aromatic heterocycles. The Morgan fingerprint density at radius 3 is 2.83 bits per heavy atom. The second-order valence-electron chi connectivity index (χ2n) is 4.51. The van der Waals surface area contributed by atoms with Gasteiger partial charge >= 0.3 is 0 Å². The van der Waals surface area contributed by atoms with E-state index in [1.807, 2.05) is 18.5 Å². The molecule has 0 aliphatic carbocycles. The van der Waals surface area contributed by atoms with Gasteiger partial charge in [0, 0.05) is 42.5 Å². The van der Waals surface area contributed by atoms with Crippen LogP contribution in [0.2, 0.25) is 0 Å². The SMILES string of the molecule is CN(c1ncc(-c2cccs2)cn1)C1CCNC1. The Bertz CT molecular complexity index is 488. The van der Waals surface area contributed by atoms with Gasteiger partial charge in [-0.15, -0.1) is 11.3 Å². The number of anilines is 1. The van der Waals surface area contributed by atoms with E-state index in [4.69, 9.17) is 0 Å². The Morgan fingerprint density at radius 2 is 2.22 bits per heavy atom. The number of rotatable bonds is 3. The van der Waals surface area contributed by atoms with Crippen LogP contribution in [0.1, 0.15) is 6.42 Å². The first-order chi connectivity index (χ1) is 8.84. The van der Waals surface area contributed by atoms with E-state index in [9.17, 15) is 0 Å². The maximum Gasteiger partial charge on any atom is 0.225 e. The van der Waals surface area contributed by atoms with E-state index < -0.39 is 0 Å². The standard InChI is InChI=1S/C13H16N4S/c1-17(11-4-5-14-9-11)13-15-7-10(8-16-13)12-3-2-6-18-12/h2-3,6-8,11,14H,4-5,9H2,1H3. The molecule has 3 heterocycles. The first-order valence-corrected chi connectivity index (χ1v) is 7.02. The van der Waals surface area contributed by atoms with Crippen molar-refractivity contribution in [2.45, 2.75) is 12.5 Å². The van der Waals surface area contributed by atoms with E-state index in [-0.39, 0.29) is 0 Å². The number of aromatic nitrogens is 2. The Kier molecular flexibility index (Phi) is 3.25. The minimum absolute atomic E-state index is 0.512. The van der Waals surface area contributed by atoms with E-state index in [1.165, 1.54) is 4.88 Å². The van der Waals surface area contributed by atoms with Crippen LogP contribution in [0.25, 0.3) is 10.4 Å². The van der Waals surface area contributed by atoms with Crippen molar-refractivity contribution in [1.82, 2.24) is 15.3 Å². The van der Waals surface area contributed by atoms with E-state index in [2.05, 4.69) is 38.7 Å². The van der Waals surface area contributed by atoms with Gasteiger partial charge in [0.05, 0.1) is 0 Å². The molecule has 0 bridgehead atoms. The lowest BCUT2D eigenvalue weighted by Gasteiger charge is -2.23. The van der Waals surface area contributed by atoms with Crippen LogP contribution in [0.4, 0.5) is 5.95 Å². The number of nitrogens with zero attached hydrogens (tertiary/aromatic N) is 3. The predicted octanol–water partition coefficient (Wildman–Crippen LogP) is 2.00. The highest BCUT2D eigenvalue weighted by Crippen LogP contribution is 2.24. The van der Waals surface area contributed by atoms with Crippen molar-refractivity contribution in [3.63, 3.8) is 0 Å². The number of likely N-dealkylation sites (N-methyl/N-ethyl adjacent to an activating group) is 1. The Hall–Kier alpha value is -1.46. The van der Waals surface area contributed by atoms with Crippen LogP contribution in [0, 0.1) is 0 Å². The second-order valence-corrected chi connectivity index (χ2v) is 5.45. The topological polar surface area (TPSA) is 41.1 Å². The molecule has 1 aliphatic rings. The number of hydrogen-bond donors (Lipinski definition) is 1. The molecule has 1 fully saturated rings. The molecule has 1 N–H and O–H groups in total. The van der Waals surface area contributed by atoms with Gasteiger partial charge in [0.1, 0.15) is 0 Å². The van der Waals surface area contributed by atoms with Gasteiger partial charge in [0.15, 0.2) is 0 Å². The Morgan fingerprint density at radius 1 is 1.39 bits per heavy atom. The molecule has 0 aromatic carbocycles. The predicted molar refractivity (Wildman–Crippen MR) is 75.0 cm³/mol. The summed E-state index contributed by atoms with van der Waals surface area (Å²) in [6, 6.07) is 4.65. The summed E-state index contributed by atoms with van der Waals surface area (Å²) in [6.07, 6.45) is 4.98. The fourth-order valence-electron chi connectivity index (χ4n) is 2.21. The summed E-state index contributed by atoms with van der Waals surface area (Å²) >= 11 is 1.71. The summed E-state index contributed by atoms with van der Waals surface area (Å²) in [7, 11) is 2.07. The quantitative estimate of drug-likeness (QED) is 0.916. The molecule has 2 aromatic rings. The highest BCUT2D eigenvalue weighted by molar-refractivity contribution is 7.13. The maximum atomic E-state index is 4.47. The molecule has 1 aliphatic heterocycles. The normalized spacial score (nSPS) is 19.1. The highest BCUT2D eigenvalue weighted by Gasteiger charge is 2.20. The van der Waals surface area contributed by atoms with Gasteiger partial charge in [-0.2, -0.15) is 0 Å². The summed E-state index contributed by atoms with van der Waals surface area (Å²) in [4.78, 5) is 12.3. The second kappa shape index (κ2) is 5.04. The van der Waals surface area contributed by atoms with Crippen molar-refractivity contribution in [2.24, 2.45) is 0 Å². The van der Waals surface area contributed by atoms with Crippen molar-refractivity contribution >= 4 is 17.3 Å². The first-order valence-electron chi connectivity index (χ1n) is 6.14. The van der Waals surface area contributed by atoms with E-state index in [1.54, 1.807) is 11.3 Å². The zero-order chi connectivity index (χ0) is 12.4. The molecule has 1 atom stereocenters. The average Bonchev–Trinajstić information content (AvgIpc) is 3.11. The minimum Gasteiger partial charge on any atom is -0.340 e. The Balaban J connectivity index is 1.78. The zero-order valence-electron chi connectivity index (χ0n) is 10.3. The molecule has 0 spiro atoms. The summed E-state index contributed by atoms with van der Waals surface area (Å²) in [5.41, 5.74) is 1.09. The molecule has 0 radical (unpaired) electrons. The summed E-state index contributed by atoms with van der Waals surface area (Å²) in [5.74, 6) is 0.809. The summed E-state index contributed by atoms with van der Waals surface area (Å²) in [5, 5.41) is 5.43. The molecule has 94 valence electrons.